The Morgan fingerprint density at radius 2 is 0.982 bits per heavy atom. The second-order valence-corrected chi connectivity index (χ2v) is 14.0. The number of anilines is 3. The van der Waals surface area contributed by atoms with Gasteiger partial charge in [0.2, 0.25) is 0 Å². The summed E-state index contributed by atoms with van der Waals surface area (Å²) in [5.74, 6) is 1.79. The van der Waals surface area contributed by atoms with E-state index in [0.29, 0.717) is 17.5 Å². The molecule has 2 heterocycles. The van der Waals surface area contributed by atoms with Crippen molar-refractivity contribution in [1.82, 2.24) is 15.0 Å². The predicted molar refractivity (Wildman–Crippen MR) is 231 cm³/mol. The zero-order valence-corrected chi connectivity index (χ0v) is 30.2. The van der Waals surface area contributed by atoms with Crippen molar-refractivity contribution < 1.29 is 4.42 Å². The van der Waals surface area contributed by atoms with E-state index in [9.17, 15) is 0 Å². The molecule has 11 rings (SSSR count). The average Bonchev–Trinajstić information content (AvgIpc) is 3.65. The summed E-state index contributed by atoms with van der Waals surface area (Å²) in [7, 11) is 0. The molecule has 0 aliphatic rings. The van der Waals surface area contributed by atoms with Gasteiger partial charge >= 0.3 is 0 Å². The Morgan fingerprint density at radius 1 is 0.375 bits per heavy atom. The molecule has 9 aromatic carbocycles. The van der Waals surface area contributed by atoms with E-state index in [4.69, 9.17) is 19.4 Å². The lowest BCUT2D eigenvalue weighted by atomic mass is 9.97. The van der Waals surface area contributed by atoms with Crippen molar-refractivity contribution in [2.24, 2.45) is 0 Å². The third-order valence-electron chi connectivity index (χ3n) is 10.6. The van der Waals surface area contributed by atoms with E-state index in [1.54, 1.807) is 0 Å². The van der Waals surface area contributed by atoms with Gasteiger partial charge < -0.3 is 9.32 Å². The molecule has 5 nitrogen and oxygen atoms in total. The van der Waals surface area contributed by atoms with Crippen molar-refractivity contribution in [3.05, 3.63) is 194 Å². The quantitative estimate of drug-likeness (QED) is 0.171. The Kier molecular flexibility index (Phi) is 7.42. The van der Waals surface area contributed by atoms with E-state index >= 15 is 0 Å². The molecule has 0 saturated heterocycles. The fraction of sp³-hybridized carbons (Fsp3) is 0. The van der Waals surface area contributed by atoms with Crippen LogP contribution in [-0.4, -0.2) is 15.0 Å². The Bertz CT molecular complexity index is 3260. The van der Waals surface area contributed by atoms with Gasteiger partial charge in [-0.25, -0.2) is 15.0 Å². The molecule has 0 N–H and O–H groups in total. The summed E-state index contributed by atoms with van der Waals surface area (Å²) in [4.78, 5) is 17.9. The average molecular weight is 717 g/mol. The lowest BCUT2D eigenvalue weighted by Gasteiger charge is -2.27. The van der Waals surface area contributed by atoms with Crippen molar-refractivity contribution in [3.8, 4) is 34.2 Å². The molecule has 56 heavy (non-hydrogen) atoms. The zero-order chi connectivity index (χ0) is 37.0. The van der Waals surface area contributed by atoms with Gasteiger partial charge in [0.15, 0.2) is 17.5 Å². The number of nitrogens with zero attached hydrogens (tertiary/aromatic N) is 4. The van der Waals surface area contributed by atoms with Crippen molar-refractivity contribution in [3.63, 3.8) is 0 Å². The molecule has 5 heteroatoms. The molecule has 262 valence electrons. The van der Waals surface area contributed by atoms with Gasteiger partial charge in [0.25, 0.3) is 0 Å². The molecule has 0 aliphatic carbocycles. The van der Waals surface area contributed by atoms with Crippen molar-refractivity contribution >= 4 is 71.3 Å². The molecule has 0 aliphatic heterocycles. The zero-order valence-electron chi connectivity index (χ0n) is 30.2. The SMILES string of the molecule is c1ccc(-c2nc(-c3ccc4ccccc4c3)nc(-c3cccc4c(N(c5ccccc5)c5ccc6ccccc6c5)cc5c6ccccc6oc5c34)n2)cc1. The van der Waals surface area contributed by atoms with Gasteiger partial charge in [-0.1, -0.05) is 152 Å². The lowest BCUT2D eigenvalue weighted by Crippen LogP contribution is -2.10. The van der Waals surface area contributed by atoms with Crippen molar-refractivity contribution in [1.29, 1.82) is 0 Å². The fourth-order valence-electron chi connectivity index (χ4n) is 7.98. The van der Waals surface area contributed by atoms with Crippen LogP contribution in [0.2, 0.25) is 0 Å². The van der Waals surface area contributed by atoms with Crippen LogP contribution >= 0.6 is 0 Å². The van der Waals surface area contributed by atoms with E-state index in [-0.39, 0.29) is 0 Å². The second-order valence-electron chi connectivity index (χ2n) is 14.0. The van der Waals surface area contributed by atoms with Gasteiger partial charge in [-0.15, -0.1) is 0 Å². The van der Waals surface area contributed by atoms with E-state index in [1.807, 2.05) is 42.5 Å². The van der Waals surface area contributed by atoms with E-state index in [0.717, 1.165) is 77.2 Å². The summed E-state index contributed by atoms with van der Waals surface area (Å²) >= 11 is 0. The minimum Gasteiger partial charge on any atom is -0.455 e. The maximum absolute atomic E-state index is 6.82. The summed E-state index contributed by atoms with van der Waals surface area (Å²) in [5, 5.41) is 8.67. The Hall–Kier alpha value is -7.63. The van der Waals surface area contributed by atoms with Gasteiger partial charge in [-0.05, 0) is 64.0 Å². The number of rotatable bonds is 6. The molecule has 0 unspecified atom stereocenters. The summed E-state index contributed by atoms with van der Waals surface area (Å²) in [5.41, 5.74) is 7.44. The van der Waals surface area contributed by atoms with Gasteiger partial charge in [0.05, 0.1) is 5.69 Å². The highest BCUT2D eigenvalue weighted by atomic mass is 16.3. The van der Waals surface area contributed by atoms with Gasteiger partial charge in [-0.3, -0.25) is 0 Å². The fourth-order valence-corrected chi connectivity index (χ4v) is 7.98. The number of hydrogen-bond donors (Lipinski definition) is 0. The molecule has 0 saturated carbocycles. The molecule has 0 spiro atoms. The highest BCUT2D eigenvalue weighted by Crippen LogP contribution is 2.47. The molecular formula is C51H32N4O. The first-order chi connectivity index (χ1) is 27.7. The van der Waals surface area contributed by atoms with Crippen LogP contribution in [0.4, 0.5) is 17.1 Å². The minimum absolute atomic E-state index is 0.573. The normalized spacial score (nSPS) is 11.6. The number of aromatic nitrogens is 3. The van der Waals surface area contributed by atoms with Crippen molar-refractivity contribution in [2.75, 3.05) is 4.90 Å². The van der Waals surface area contributed by atoms with E-state index in [1.165, 1.54) is 10.8 Å². The van der Waals surface area contributed by atoms with Gasteiger partial charge in [-0.2, -0.15) is 0 Å². The molecule has 0 fully saturated rings. The van der Waals surface area contributed by atoms with Gasteiger partial charge in [0, 0.05) is 49.6 Å². The maximum Gasteiger partial charge on any atom is 0.164 e. The molecule has 0 amide bonds. The summed E-state index contributed by atoms with van der Waals surface area (Å²) in [6, 6.07) is 67.5. The smallest absolute Gasteiger partial charge is 0.164 e. The number of para-hydroxylation sites is 2. The molecule has 2 aromatic heterocycles. The maximum atomic E-state index is 6.82. The van der Waals surface area contributed by atoms with Crippen molar-refractivity contribution in [2.45, 2.75) is 0 Å². The minimum atomic E-state index is 0.573. The van der Waals surface area contributed by atoms with Crippen LogP contribution in [0.3, 0.4) is 0 Å². The highest BCUT2D eigenvalue weighted by molar-refractivity contribution is 6.23. The molecule has 0 atom stereocenters. The topological polar surface area (TPSA) is 55.1 Å². The number of benzene rings is 9. The molecule has 0 bridgehead atoms. The first-order valence-electron chi connectivity index (χ1n) is 18.8. The Morgan fingerprint density at radius 3 is 1.77 bits per heavy atom. The molecular weight excluding hydrogens is 685 g/mol. The van der Waals surface area contributed by atoms with Crippen LogP contribution in [0.5, 0.6) is 0 Å². The van der Waals surface area contributed by atoms with E-state index in [2.05, 4.69) is 157 Å². The number of hydrogen-bond acceptors (Lipinski definition) is 5. The summed E-state index contributed by atoms with van der Waals surface area (Å²) in [6.07, 6.45) is 0. The standard InChI is InChI=1S/C51H32N4O/c1-3-16-35(17-4-1)49-52-50(38-27-26-33-14-7-9-18-36(33)30-38)54-51(53-49)43-24-13-23-42-45(32-44-41-22-11-12-25-46(41)56-48(44)47(42)43)55(39-20-5-2-6-21-39)40-29-28-34-15-8-10-19-37(34)31-40/h1-32H. The van der Waals surface area contributed by atoms with Crippen LogP contribution in [0.1, 0.15) is 0 Å². The predicted octanol–water partition coefficient (Wildman–Crippen LogP) is 13.7. The highest BCUT2D eigenvalue weighted by Gasteiger charge is 2.24. The van der Waals surface area contributed by atoms with Crippen LogP contribution in [-0.2, 0) is 0 Å². The second kappa shape index (κ2) is 13.0. The first kappa shape index (κ1) is 31.9. The summed E-state index contributed by atoms with van der Waals surface area (Å²) in [6.45, 7) is 0. The number of furan rings is 1. The molecule has 11 aromatic rings. The third kappa shape index (κ3) is 5.37. The van der Waals surface area contributed by atoms with E-state index < -0.39 is 0 Å². The van der Waals surface area contributed by atoms with Crippen LogP contribution in [0.25, 0.3) is 88.4 Å². The van der Waals surface area contributed by atoms with Crippen LogP contribution in [0.15, 0.2) is 199 Å². The van der Waals surface area contributed by atoms with Gasteiger partial charge in [0.1, 0.15) is 11.2 Å². The monoisotopic (exact) mass is 716 g/mol. The van der Waals surface area contributed by atoms with Crippen LogP contribution in [0, 0.1) is 0 Å². The lowest BCUT2D eigenvalue weighted by molar-refractivity contribution is 0.672. The largest absolute Gasteiger partial charge is 0.455 e. The first-order valence-corrected chi connectivity index (χ1v) is 18.8. The Labute approximate surface area is 322 Å². The van der Waals surface area contributed by atoms with Crippen LogP contribution < -0.4 is 4.90 Å². The third-order valence-corrected chi connectivity index (χ3v) is 10.6. The Balaban J connectivity index is 1.23. The summed E-state index contributed by atoms with van der Waals surface area (Å²) < 4.78 is 6.82. The molecule has 0 radical (unpaired) electrons. The number of fused-ring (bicyclic) bond motifs is 7.